The molecule has 2 aromatic rings. The molecule has 21 heavy (non-hydrogen) atoms. The molecular formula is C15H14N2O4. The number of aromatic nitrogens is 2. The second-order valence-electron chi connectivity index (χ2n) is 4.63. The van der Waals surface area contributed by atoms with Crippen LogP contribution >= 0.6 is 0 Å². The molecular weight excluding hydrogens is 272 g/mol. The lowest BCUT2D eigenvalue weighted by atomic mass is 10.1. The molecule has 6 heteroatoms. The maximum absolute atomic E-state index is 11.7. The van der Waals surface area contributed by atoms with Crippen LogP contribution in [0.2, 0.25) is 0 Å². The summed E-state index contributed by atoms with van der Waals surface area (Å²) in [5, 5.41) is 24.1. The smallest absolute Gasteiger partial charge is 0.371 e. The molecule has 2 rings (SSSR count). The van der Waals surface area contributed by atoms with Crippen LogP contribution in [0.4, 0.5) is 0 Å². The number of hydrogen-bond acceptors (Lipinski definition) is 4. The Morgan fingerprint density at radius 2 is 1.90 bits per heavy atom. The second kappa shape index (κ2) is 6.04. The fourth-order valence-corrected chi connectivity index (χ4v) is 1.76. The third-order valence-corrected chi connectivity index (χ3v) is 2.89. The molecule has 0 amide bonds. The summed E-state index contributed by atoms with van der Waals surface area (Å²) < 4.78 is 0. The van der Waals surface area contributed by atoms with E-state index in [2.05, 4.69) is 10.2 Å². The molecule has 0 unspecified atom stereocenters. The van der Waals surface area contributed by atoms with E-state index in [0.29, 0.717) is 18.2 Å². The zero-order valence-corrected chi connectivity index (χ0v) is 11.3. The molecule has 0 aliphatic carbocycles. The topological polar surface area (TPSA) is 103 Å². The maximum atomic E-state index is 11.7. The van der Waals surface area contributed by atoms with Crippen molar-refractivity contribution in [2.24, 2.45) is 0 Å². The van der Waals surface area contributed by atoms with Gasteiger partial charge in [-0.2, -0.15) is 5.10 Å². The van der Waals surface area contributed by atoms with Crippen molar-refractivity contribution in [2.45, 2.75) is 13.3 Å². The largest absolute Gasteiger partial charge is 0.502 e. The number of aliphatic carboxylic acids is 1. The Hall–Kier alpha value is -2.89. The van der Waals surface area contributed by atoms with Crippen LogP contribution in [0.5, 0.6) is 0 Å². The summed E-state index contributed by atoms with van der Waals surface area (Å²) in [4.78, 5) is 22.1. The van der Waals surface area contributed by atoms with Crippen LogP contribution in [-0.2, 0) is 11.2 Å². The molecule has 6 nitrogen and oxygen atoms in total. The molecule has 0 spiro atoms. The molecule has 3 N–H and O–H groups in total. The summed E-state index contributed by atoms with van der Waals surface area (Å²) in [7, 11) is 0. The van der Waals surface area contributed by atoms with Gasteiger partial charge in [0.05, 0.1) is 5.69 Å². The van der Waals surface area contributed by atoms with E-state index in [1.165, 1.54) is 6.07 Å². The van der Waals surface area contributed by atoms with E-state index in [-0.39, 0.29) is 5.69 Å². The number of aromatic amines is 1. The first-order chi connectivity index (χ1) is 9.95. The van der Waals surface area contributed by atoms with Gasteiger partial charge in [0.2, 0.25) is 11.5 Å². The molecule has 1 aromatic carbocycles. The SMILES string of the molecule is Cc1ccc(Cc2cc(C(=O)C=C(O)C(=O)O)[nH]n2)cc1. The Morgan fingerprint density at radius 1 is 1.24 bits per heavy atom. The molecule has 0 aliphatic rings. The number of benzene rings is 1. The van der Waals surface area contributed by atoms with Crippen molar-refractivity contribution in [3.8, 4) is 0 Å². The highest BCUT2D eigenvalue weighted by atomic mass is 16.4. The third-order valence-electron chi connectivity index (χ3n) is 2.89. The fourth-order valence-electron chi connectivity index (χ4n) is 1.76. The van der Waals surface area contributed by atoms with Crippen molar-refractivity contribution in [3.63, 3.8) is 0 Å². The van der Waals surface area contributed by atoms with Crippen LogP contribution in [0, 0.1) is 6.92 Å². The van der Waals surface area contributed by atoms with Gasteiger partial charge in [-0.3, -0.25) is 9.89 Å². The van der Waals surface area contributed by atoms with Gasteiger partial charge in [0.15, 0.2) is 0 Å². The van der Waals surface area contributed by atoms with E-state index in [4.69, 9.17) is 10.2 Å². The van der Waals surface area contributed by atoms with Crippen LogP contribution in [0.3, 0.4) is 0 Å². The van der Waals surface area contributed by atoms with Gasteiger partial charge in [0, 0.05) is 12.5 Å². The number of carbonyl (C=O) groups is 2. The second-order valence-corrected chi connectivity index (χ2v) is 4.63. The van der Waals surface area contributed by atoms with Crippen molar-refractivity contribution in [2.75, 3.05) is 0 Å². The Kier molecular flexibility index (Phi) is 4.18. The molecule has 0 fully saturated rings. The zero-order chi connectivity index (χ0) is 15.4. The first-order valence-electron chi connectivity index (χ1n) is 6.24. The first kappa shape index (κ1) is 14.5. The van der Waals surface area contributed by atoms with Crippen LogP contribution in [0.15, 0.2) is 42.2 Å². The number of aryl methyl sites for hydroxylation is 1. The van der Waals surface area contributed by atoms with Gasteiger partial charge in [-0.15, -0.1) is 0 Å². The van der Waals surface area contributed by atoms with Gasteiger partial charge in [-0.25, -0.2) is 4.79 Å². The molecule has 0 radical (unpaired) electrons. The van der Waals surface area contributed by atoms with Crippen molar-refractivity contribution in [1.29, 1.82) is 0 Å². The van der Waals surface area contributed by atoms with E-state index >= 15 is 0 Å². The molecule has 0 saturated carbocycles. The number of aliphatic hydroxyl groups excluding tert-OH is 1. The van der Waals surface area contributed by atoms with Crippen LogP contribution in [0.25, 0.3) is 0 Å². The number of carbonyl (C=O) groups excluding carboxylic acids is 1. The number of rotatable bonds is 5. The number of nitrogens with zero attached hydrogens (tertiary/aromatic N) is 1. The van der Waals surface area contributed by atoms with Gasteiger partial charge >= 0.3 is 5.97 Å². The molecule has 108 valence electrons. The molecule has 1 aromatic heterocycles. The highest BCUT2D eigenvalue weighted by Crippen LogP contribution is 2.10. The minimum Gasteiger partial charge on any atom is -0.502 e. The number of ketones is 1. The summed E-state index contributed by atoms with van der Waals surface area (Å²) in [5.41, 5.74) is 3.00. The number of nitrogens with one attached hydrogen (secondary N) is 1. The van der Waals surface area contributed by atoms with Gasteiger partial charge in [0.25, 0.3) is 0 Å². The number of H-pyrrole nitrogens is 1. The zero-order valence-electron chi connectivity index (χ0n) is 11.3. The fraction of sp³-hybridized carbons (Fsp3) is 0.133. The first-order valence-corrected chi connectivity index (χ1v) is 6.24. The Morgan fingerprint density at radius 3 is 2.52 bits per heavy atom. The summed E-state index contributed by atoms with van der Waals surface area (Å²) in [5.74, 6) is -3.20. The summed E-state index contributed by atoms with van der Waals surface area (Å²) in [6, 6.07) is 9.46. The maximum Gasteiger partial charge on any atom is 0.371 e. The van der Waals surface area contributed by atoms with Gasteiger partial charge < -0.3 is 10.2 Å². The quantitative estimate of drug-likeness (QED) is 0.443. The third kappa shape index (κ3) is 3.79. The lowest BCUT2D eigenvalue weighted by Gasteiger charge is -1.98. The highest BCUT2D eigenvalue weighted by Gasteiger charge is 2.12. The molecule has 1 heterocycles. The Labute approximate surface area is 120 Å². The number of aliphatic hydroxyl groups is 1. The minimum atomic E-state index is -1.55. The van der Waals surface area contributed by atoms with Crippen molar-refractivity contribution >= 4 is 11.8 Å². The van der Waals surface area contributed by atoms with Gasteiger partial charge in [-0.1, -0.05) is 29.8 Å². The number of carboxylic acid groups (broad SMARTS) is 1. The molecule has 0 aliphatic heterocycles. The van der Waals surface area contributed by atoms with Crippen LogP contribution in [-0.4, -0.2) is 32.2 Å². The number of allylic oxidation sites excluding steroid dienone is 1. The summed E-state index contributed by atoms with van der Waals surface area (Å²) in [6.45, 7) is 2.00. The van der Waals surface area contributed by atoms with Crippen LogP contribution in [0.1, 0.15) is 27.3 Å². The minimum absolute atomic E-state index is 0.130. The van der Waals surface area contributed by atoms with E-state index in [1.807, 2.05) is 31.2 Å². The average Bonchev–Trinajstić information content (AvgIpc) is 2.90. The predicted molar refractivity (Wildman–Crippen MR) is 75.3 cm³/mol. The van der Waals surface area contributed by atoms with Crippen LogP contribution < -0.4 is 0 Å². The van der Waals surface area contributed by atoms with E-state index in [1.54, 1.807) is 0 Å². The van der Waals surface area contributed by atoms with E-state index in [9.17, 15) is 9.59 Å². The number of carboxylic acids is 1. The van der Waals surface area contributed by atoms with Gasteiger partial charge in [0.1, 0.15) is 5.69 Å². The normalized spacial score (nSPS) is 11.4. The van der Waals surface area contributed by atoms with Crippen molar-refractivity contribution in [3.05, 3.63) is 64.7 Å². The molecule has 0 atom stereocenters. The average molecular weight is 286 g/mol. The Bertz CT molecular complexity index is 699. The van der Waals surface area contributed by atoms with E-state index in [0.717, 1.165) is 11.1 Å². The monoisotopic (exact) mass is 286 g/mol. The standard InChI is InChI=1S/C15H14N2O4/c1-9-2-4-10(5-3-9)6-11-7-12(17-16-11)13(18)8-14(19)15(20)21/h2-5,7-8,19H,6H2,1H3,(H,16,17)(H,20,21). The van der Waals surface area contributed by atoms with E-state index < -0.39 is 17.5 Å². The van der Waals surface area contributed by atoms with Crippen molar-refractivity contribution in [1.82, 2.24) is 10.2 Å². The van der Waals surface area contributed by atoms with Crippen molar-refractivity contribution < 1.29 is 19.8 Å². The summed E-state index contributed by atoms with van der Waals surface area (Å²) in [6.07, 6.45) is 1.20. The lowest BCUT2D eigenvalue weighted by Crippen LogP contribution is -2.04. The number of hydrogen-bond donors (Lipinski definition) is 3. The highest BCUT2D eigenvalue weighted by molar-refractivity contribution is 6.06. The summed E-state index contributed by atoms with van der Waals surface area (Å²) >= 11 is 0. The lowest BCUT2D eigenvalue weighted by molar-refractivity contribution is -0.135. The van der Waals surface area contributed by atoms with Gasteiger partial charge in [-0.05, 0) is 18.6 Å². The Balaban J connectivity index is 2.11. The predicted octanol–water partition coefficient (Wildman–Crippen LogP) is 2.02. The molecule has 0 bridgehead atoms. The molecule has 0 saturated heterocycles.